The molecule has 0 N–H and O–H groups in total. The Bertz CT molecular complexity index is 695. The molecule has 3 atom stereocenters. The molecule has 1 rings (SSSR count). The van der Waals surface area contributed by atoms with Gasteiger partial charge in [0.25, 0.3) is 0 Å². The summed E-state index contributed by atoms with van der Waals surface area (Å²) in [7, 11) is 4.62. The van der Waals surface area contributed by atoms with Crippen molar-refractivity contribution in [1.82, 2.24) is 0 Å². The number of hydrogen-bond donors (Lipinski definition) is 0. The Morgan fingerprint density at radius 1 is 0.903 bits per heavy atom. The largest absolute Gasteiger partial charge is 0.494 e. The highest BCUT2D eigenvalue weighted by Gasteiger charge is 2.43. The third kappa shape index (κ3) is 8.66. The monoisotopic (exact) mass is 434 g/mol. The number of ketones is 1. The Hall–Kier alpha value is -1.85. The topological polar surface area (TPSA) is 54.0 Å². The molecule has 0 spiro atoms. The first-order chi connectivity index (χ1) is 14.8. The van der Waals surface area contributed by atoms with Gasteiger partial charge in [-0.2, -0.15) is 0 Å². The van der Waals surface area contributed by atoms with E-state index in [0.717, 1.165) is 32.1 Å². The number of methoxy groups -OCH3 is 3. The van der Waals surface area contributed by atoms with Crippen molar-refractivity contribution in [2.24, 2.45) is 11.8 Å². The van der Waals surface area contributed by atoms with Gasteiger partial charge in [0.1, 0.15) is 12.9 Å². The van der Waals surface area contributed by atoms with Crippen molar-refractivity contribution in [3.8, 4) is 0 Å². The third-order valence-corrected chi connectivity index (χ3v) is 5.80. The van der Waals surface area contributed by atoms with Gasteiger partial charge in [-0.15, -0.1) is 0 Å². The average molecular weight is 435 g/mol. The lowest BCUT2D eigenvalue weighted by Crippen LogP contribution is -2.42. The first-order valence-electron chi connectivity index (χ1n) is 11.2. The molecule has 0 saturated carbocycles. The summed E-state index contributed by atoms with van der Waals surface area (Å²) in [5.74, 6) is 0.405. The Labute approximate surface area is 189 Å². The smallest absolute Gasteiger partial charge is 0.204 e. The van der Waals surface area contributed by atoms with Gasteiger partial charge in [-0.1, -0.05) is 41.9 Å². The van der Waals surface area contributed by atoms with Gasteiger partial charge in [0.05, 0.1) is 14.2 Å². The van der Waals surface area contributed by atoms with Crippen LogP contribution in [0.25, 0.3) is 0 Å². The molecule has 1 aliphatic rings. The van der Waals surface area contributed by atoms with Gasteiger partial charge in [0.15, 0.2) is 5.76 Å². The maximum absolute atomic E-state index is 12.8. The van der Waals surface area contributed by atoms with Gasteiger partial charge in [-0.25, -0.2) is 0 Å². The molecular weight excluding hydrogens is 392 g/mol. The van der Waals surface area contributed by atoms with Gasteiger partial charge in [-0.05, 0) is 59.8 Å². The normalized spacial score (nSPS) is 22.6. The molecule has 176 valence electrons. The molecule has 0 saturated heterocycles. The SMILES string of the molecule is COCO[C@H]1C(OC)=C(OC)C(=O)[C@H](C)[C@H]1C/C=C(\C)CC/C=C(\C)CCC=C(C)C. The van der Waals surface area contributed by atoms with Crippen LogP contribution in [0.1, 0.15) is 66.7 Å². The number of allylic oxidation sites excluding steroid dienone is 7. The molecule has 5 heteroatoms. The van der Waals surface area contributed by atoms with Gasteiger partial charge in [0, 0.05) is 18.9 Å². The minimum absolute atomic E-state index is 0.0344. The number of carbonyl (C=O) groups is 1. The van der Waals surface area contributed by atoms with Crippen LogP contribution >= 0.6 is 0 Å². The Morgan fingerprint density at radius 3 is 2.06 bits per heavy atom. The molecule has 1 aliphatic carbocycles. The Kier molecular flexibility index (Phi) is 12.5. The van der Waals surface area contributed by atoms with E-state index in [9.17, 15) is 4.79 Å². The summed E-state index contributed by atoms with van der Waals surface area (Å²) in [5.41, 5.74) is 4.13. The van der Waals surface area contributed by atoms with Crippen LogP contribution in [0.3, 0.4) is 0 Å². The zero-order valence-corrected chi connectivity index (χ0v) is 20.7. The fourth-order valence-electron chi connectivity index (χ4n) is 3.86. The van der Waals surface area contributed by atoms with Crippen LogP contribution in [0.2, 0.25) is 0 Å². The zero-order chi connectivity index (χ0) is 23.4. The lowest BCUT2D eigenvalue weighted by atomic mass is 9.77. The van der Waals surface area contributed by atoms with Crippen LogP contribution in [0.4, 0.5) is 0 Å². The molecule has 0 aromatic heterocycles. The van der Waals surface area contributed by atoms with E-state index in [1.807, 2.05) is 6.92 Å². The maximum atomic E-state index is 12.8. The van der Waals surface area contributed by atoms with Gasteiger partial charge in [0.2, 0.25) is 11.5 Å². The van der Waals surface area contributed by atoms with Crippen molar-refractivity contribution >= 4 is 5.78 Å². The molecule has 0 bridgehead atoms. The van der Waals surface area contributed by atoms with Gasteiger partial charge >= 0.3 is 0 Å². The van der Waals surface area contributed by atoms with Crippen molar-refractivity contribution in [1.29, 1.82) is 0 Å². The van der Waals surface area contributed by atoms with Crippen LogP contribution in [-0.4, -0.2) is 40.0 Å². The second-order valence-corrected chi connectivity index (χ2v) is 8.61. The minimum Gasteiger partial charge on any atom is -0.494 e. The highest BCUT2D eigenvalue weighted by Crippen LogP contribution is 2.37. The highest BCUT2D eigenvalue weighted by molar-refractivity contribution is 5.97. The number of Topliss-reactive ketones (excluding diaryl/α,β-unsaturated/α-hetero) is 1. The standard InChI is InChI=1S/C26H42O5/c1-18(2)11-9-12-19(3)13-10-14-20(4)15-16-22-21(5)23(27)25(29-7)26(30-8)24(22)31-17-28-6/h11,13,15,21-22,24H,9-10,12,14,16-17H2,1-8H3/b19-13+,20-15+/t21-,22-,24-/m1/s1. The Balaban J connectivity index is 2.81. The maximum Gasteiger partial charge on any atom is 0.204 e. The number of ether oxygens (including phenoxy) is 4. The van der Waals surface area contributed by atoms with Crippen molar-refractivity contribution in [3.63, 3.8) is 0 Å². The van der Waals surface area contributed by atoms with Crippen molar-refractivity contribution in [3.05, 3.63) is 46.5 Å². The van der Waals surface area contributed by atoms with Crippen LogP contribution in [0.15, 0.2) is 46.5 Å². The fourth-order valence-corrected chi connectivity index (χ4v) is 3.86. The van der Waals surface area contributed by atoms with E-state index in [2.05, 4.69) is 45.9 Å². The summed E-state index contributed by atoms with van der Waals surface area (Å²) >= 11 is 0. The van der Waals surface area contributed by atoms with E-state index >= 15 is 0 Å². The van der Waals surface area contributed by atoms with Crippen molar-refractivity contribution < 1.29 is 23.7 Å². The molecule has 0 fully saturated rings. The summed E-state index contributed by atoms with van der Waals surface area (Å²) in [6.07, 6.45) is 11.5. The van der Waals surface area contributed by atoms with E-state index in [1.165, 1.54) is 23.8 Å². The van der Waals surface area contributed by atoms with E-state index in [1.54, 1.807) is 14.2 Å². The third-order valence-electron chi connectivity index (χ3n) is 5.80. The summed E-state index contributed by atoms with van der Waals surface area (Å²) in [5, 5.41) is 0. The molecule has 31 heavy (non-hydrogen) atoms. The van der Waals surface area contributed by atoms with Crippen LogP contribution < -0.4 is 0 Å². The highest BCUT2D eigenvalue weighted by atomic mass is 16.7. The quantitative estimate of drug-likeness (QED) is 0.258. The molecule has 0 amide bonds. The van der Waals surface area contributed by atoms with Gasteiger partial charge < -0.3 is 18.9 Å². The average Bonchev–Trinajstić information content (AvgIpc) is 2.73. The molecule has 0 radical (unpaired) electrons. The molecule has 5 nitrogen and oxygen atoms in total. The Morgan fingerprint density at radius 2 is 1.52 bits per heavy atom. The fraction of sp³-hybridized carbons (Fsp3) is 0.654. The number of carbonyl (C=O) groups excluding carboxylic acids is 1. The predicted octanol–water partition coefficient (Wildman–Crippen LogP) is 6.12. The molecule has 0 unspecified atom stereocenters. The minimum atomic E-state index is -0.381. The second kappa shape index (κ2) is 14.3. The second-order valence-electron chi connectivity index (χ2n) is 8.61. The van der Waals surface area contributed by atoms with E-state index in [-0.39, 0.29) is 36.3 Å². The summed E-state index contributed by atoms with van der Waals surface area (Å²) in [4.78, 5) is 12.8. The van der Waals surface area contributed by atoms with Gasteiger partial charge in [-0.3, -0.25) is 4.79 Å². The summed E-state index contributed by atoms with van der Waals surface area (Å²) < 4.78 is 21.9. The lowest BCUT2D eigenvalue weighted by Gasteiger charge is -2.36. The number of hydrogen-bond acceptors (Lipinski definition) is 5. The summed E-state index contributed by atoms with van der Waals surface area (Å²) in [6.45, 7) is 10.7. The first kappa shape index (κ1) is 27.2. The number of rotatable bonds is 13. The zero-order valence-electron chi connectivity index (χ0n) is 20.7. The molecule has 0 aliphatic heterocycles. The van der Waals surface area contributed by atoms with E-state index in [0.29, 0.717) is 5.76 Å². The van der Waals surface area contributed by atoms with Crippen molar-refractivity contribution in [2.45, 2.75) is 72.8 Å². The lowest BCUT2D eigenvalue weighted by molar-refractivity contribution is -0.137. The predicted molar refractivity (Wildman–Crippen MR) is 125 cm³/mol. The molecule has 0 heterocycles. The summed E-state index contributed by atoms with van der Waals surface area (Å²) in [6, 6.07) is 0. The van der Waals surface area contributed by atoms with Crippen LogP contribution in [0.5, 0.6) is 0 Å². The van der Waals surface area contributed by atoms with Crippen LogP contribution in [-0.2, 0) is 23.7 Å². The first-order valence-corrected chi connectivity index (χ1v) is 11.2. The molecular formula is C26H42O5. The van der Waals surface area contributed by atoms with Crippen molar-refractivity contribution in [2.75, 3.05) is 28.1 Å². The molecule has 0 aromatic carbocycles. The van der Waals surface area contributed by atoms with E-state index in [4.69, 9.17) is 18.9 Å². The molecule has 0 aromatic rings. The van der Waals surface area contributed by atoms with E-state index < -0.39 is 0 Å². The van der Waals surface area contributed by atoms with Crippen LogP contribution in [0, 0.1) is 11.8 Å².